The van der Waals surface area contributed by atoms with Crippen molar-refractivity contribution in [1.29, 1.82) is 0 Å². The smallest absolute Gasteiger partial charge is 0.247 e. The molecule has 0 saturated carbocycles. The summed E-state index contributed by atoms with van der Waals surface area (Å²) >= 11 is 12.1. The van der Waals surface area contributed by atoms with Crippen LogP contribution < -0.4 is 5.32 Å². The Labute approximate surface area is 216 Å². The van der Waals surface area contributed by atoms with Crippen molar-refractivity contribution in [3.05, 3.63) is 106 Å². The van der Waals surface area contributed by atoms with Gasteiger partial charge in [-0.2, -0.15) is 0 Å². The fraction of sp³-hybridized carbons (Fsp3) is 0.286. The van der Waals surface area contributed by atoms with Gasteiger partial charge in [0.25, 0.3) is 0 Å². The standard InChI is InChI=1S/C28H28Cl2N2O3/c29-23-12-8-20(9-13-23)17-26(33)32(19-21-10-14-24(30)15-11-21)27(22-5-2-1-3-6-22)28(34)31-18-25-7-4-16-35-25/h1-3,5-6,8-15,25,27H,4,7,16-19H2,(H,31,34)/t25-,27-/m1/s1. The molecule has 0 radical (unpaired) electrons. The molecule has 5 nitrogen and oxygen atoms in total. The summed E-state index contributed by atoms with van der Waals surface area (Å²) in [7, 11) is 0. The third kappa shape index (κ3) is 7.07. The maximum absolute atomic E-state index is 13.7. The highest BCUT2D eigenvalue weighted by Crippen LogP contribution is 2.26. The van der Waals surface area contributed by atoms with Gasteiger partial charge in [0, 0.05) is 29.7 Å². The van der Waals surface area contributed by atoms with E-state index in [0.717, 1.165) is 29.5 Å². The van der Waals surface area contributed by atoms with Crippen LogP contribution in [0.1, 0.15) is 35.6 Å². The average Bonchev–Trinajstić information content (AvgIpc) is 3.39. The molecule has 1 aliphatic heterocycles. The molecule has 0 unspecified atom stereocenters. The minimum atomic E-state index is -0.798. The molecule has 1 fully saturated rings. The zero-order valence-corrected chi connectivity index (χ0v) is 20.8. The van der Waals surface area contributed by atoms with Crippen molar-refractivity contribution in [1.82, 2.24) is 10.2 Å². The SMILES string of the molecule is O=C(NC[C@H]1CCCO1)[C@@H](c1ccccc1)N(Cc1ccc(Cl)cc1)C(=O)Cc1ccc(Cl)cc1. The minimum Gasteiger partial charge on any atom is -0.376 e. The highest BCUT2D eigenvalue weighted by molar-refractivity contribution is 6.30. The number of rotatable bonds is 9. The van der Waals surface area contributed by atoms with Gasteiger partial charge in [-0.25, -0.2) is 0 Å². The van der Waals surface area contributed by atoms with Gasteiger partial charge in [0.2, 0.25) is 11.8 Å². The molecule has 1 heterocycles. The molecular formula is C28H28Cl2N2O3. The molecule has 3 aromatic rings. The lowest BCUT2D eigenvalue weighted by atomic mass is 10.0. The Hall–Kier alpha value is -2.86. The van der Waals surface area contributed by atoms with Crippen molar-refractivity contribution in [2.75, 3.05) is 13.2 Å². The van der Waals surface area contributed by atoms with Crippen LogP contribution in [-0.2, 0) is 27.3 Å². The van der Waals surface area contributed by atoms with Gasteiger partial charge in [-0.3, -0.25) is 9.59 Å². The Bertz CT molecular complexity index is 1120. The minimum absolute atomic E-state index is 0.00450. The predicted octanol–water partition coefficient (Wildman–Crippen LogP) is 5.60. The molecule has 0 spiro atoms. The number of carbonyl (C=O) groups excluding carboxylic acids is 2. The number of carbonyl (C=O) groups is 2. The first kappa shape index (κ1) is 25.2. The summed E-state index contributed by atoms with van der Waals surface area (Å²) in [5, 5.41) is 4.25. The van der Waals surface area contributed by atoms with Crippen LogP contribution in [0.15, 0.2) is 78.9 Å². The number of hydrogen-bond acceptors (Lipinski definition) is 3. The molecule has 2 amide bonds. The van der Waals surface area contributed by atoms with Crippen LogP contribution in [0.25, 0.3) is 0 Å². The van der Waals surface area contributed by atoms with Crippen LogP contribution in [0.5, 0.6) is 0 Å². The summed E-state index contributed by atoms with van der Waals surface area (Å²) in [6.45, 7) is 1.39. The largest absolute Gasteiger partial charge is 0.376 e. The van der Waals surface area contributed by atoms with Gasteiger partial charge in [0.1, 0.15) is 6.04 Å². The van der Waals surface area contributed by atoms with E-state index in [4.69, 9.17) is 27.9 Å². The summed E-state index contributed by atoms with van der Waals surface area (Å²) in [5.41, 5.74) is 2.45. The molecule has 4 rings (SSSR count). The second kappa shape index (κ2) is 12.2. The monoisotopic (exact) mass is 510 g/mol. The third-order valence-corrected chi connectivity index (χ3v) is 6.56. The first-order valence-electron chi connectivity index (χ1n) is 11.7. The maximum atomic E-state index is 13.7. The van der Waals surface area contributed by atoms with Crippen molar-refractivity contribution in [2.45, 2.75) is 38.0 Å². The van der Waals surface area contributed by atoms with Crippen molar-refractivity contribution in [3.8, 4) is 0 Å². The van der Waals surface area contributed by atoms with E-state index in [-0.39, 0.29) is 30.9 Å². The van der Waals surface area contributed by atoms with Crippen LogP contribution in [0.4, 0.5) is 0 Å². The zero-order chi connectivity index (χ0) is 24.6. The van der Waals surface area contributed by atoms with E-state index >= 15 is 0 Å². The number of ether oxygens (including phenoxy) is 1. The van der Waals surface area contributed by atoms with Crippen LogP contribution in [-0.4, -0.2) is 36.0 Å². The molecule has 0 aliphatic carbocycles. The van der Waals surface area contributed by atoms with E-state index in [1.165, 1.54) is 0 Å². The lowest BCUT2D eigenvalue weighted by Gasteiger charge is -2.32. The Kier molecular flexibility index (Phi) is 8.80. The molecule has 7 heteroatoms. The quantitative estimate of drug-likeness (QED) is 0.407. The summed E-state index contributed by atoms with van der Waals surface area (Å²) in [4.78, 5) is 28.9. The molecule has 3 aromatic carbocycles. The van der Waals surface area contributed by atoms with E-state index in [1.54, 1.807) is 29.2 Å². The summed E-state index contributed by atoms with van der Waals surface area (Å²) in [6, 6.07) is 23.1. The molecule has 182 valence electrons. The number of nitrogens with zero attached hydrogens (tertiary/aromatic N) is 1. The van der Waals surface area contributed by atoms with E-state index in [2.05, 4.69) is 5.32 Å². The summed E-state index contributed by atoms with van der Waals surface area (Å²) < 4.78 is 5.67. The molecule has 0 bridgehead atoms. The molecule has 1 aliphatic rings. The van der Waals surface area contributed by atoms with Crippen LogP contribution in [0.3, 0.4) is 0 Å². The maximum Gasteiger partial charge on any atom is 0.247 e. The first-order valence-corrected chi connectivity index (χ1v) is 12.5. The zero-order valence-electron chi connectivity index (χ0n) is 19.3. The van der Waals surface area contributed by atoms with E-state index < -0.39 is 6.04 Å². The number of amides is 2. The second-order valence-electron chi connectivity index (χ2n) is 8.64. The van der Waals surface area contributed by atoms with E-state index in [1.807, 2.05) is 54.6 Å². The van der Waals surface area contributed by atoms with Crippen molar-refractivity contribution >= 4 is 35.0 Å². The highest BCUT2D eigenvalue weighted by Gasteiger charge is 2.32. The van der Waals surface area contributed by atoms with Crippen molar-refractivity contribution in [3.63, 3.8) is 0 Å². The second-order valence-corrected chi connectivity index (χ2v) is 9.52. The van der Waals surface area contributed by atoms with Crippen molar-refractivity contribution < 1.29 is 14.3 Å². The molecule has 35 heavy (non-hydrogen) atoms. The van der Waals surface area contributed by atoms with Crippen LogP contribution in [0, 0.1) is 0 Å². The topological polar surface area (TPSA) is 58.6 Å². The van der Waals surface area contributed by atoms with Gasteiger partial charge < -0.3 is 15.0 Å². The Balaban J connectivity index is 1.64. The Morgan fingerprint density at radius 1 is 0.914 bits per heavy atom. The van der Waals surface area contributed by atoms with Crippen LogP contribution in [0.2, 0.25) is 10.0 Å². The average molecular weight is 511 g/mol. The lowest BCUT2D eigenvalue weighted by molar-refractivity contribution is -0.141. The number of hydrogen-bond donors (Lipinski definition) is 1. The Morgan fingerprint density at radius 2 is 1.54 bits per heavy atom. The molecular weight excluding hydrogens is 483 g/mol. The molecule has 2 atom stereocenters. The normalized spacial score (nSPS) is 16.0. The molecule has 0 aromatic heterocycles. The third-order valence-electron chi connectivity index (χ3n) is 6.06. The summed E-state index contributed by atoms with van der Waals surface area (Å²) in [5.74, 6) is -0.395. The lowest BCUT2D eigenvalue weighted by Crippen LogP contribution is -2.45. The Morgan fingerprint density at radius 3 is 2.14 bits per heavy atom. The molecule has 1 N–H and O–H groups in total. The van der Waals surface area contributed by atoms with Gasteiger partial charge in [0.15, 0.2) is 0 Å². The van der Waals surface area contributed by atoms with Gasteiger partial charge in [0.05, 0.1) is 12.5 Å². The summed E-state index contributed by atoms with van der Waals surface area (Å²) in [6.07, 6.45) is 2.06. The number of benzene rings is 3. The number of halogens is 2. The van der Waals surface area contributed by atoms with Crippen LogP contribution >= 0.6 is 23.2 Å². The van der Waals surface area contributed by atoms with Gasteiger partial charge in [-0.15, -0.1) is 0 Å². The van der Waals surface area contributed by atoms with Gasteiger partial charge in [-0.05, 0) is 53.8 Å². The fourth-order valence-electron chi connectivity index (χ4n) is 4.21. The first-order chi connectivity index (χ1) is 17.0. The van der Waals surface area contributed by atoms with E-state index in [0.29, 0.717) is 23.2 Å². The van der Waals surface area contributed by atoms with E-state index in [9.17, 15) is 9.59 Å². The molecule has 1 saturated heterocycles. The predicted molar refractivity (Wildman–Crippen MR) is 138 cm³/mol. The fourth-order valence-corrected chi connectivity index (χ4v) is 4.46. The van der Waals surface area contributed by atoms with Gasteiger partial charge in [-0.1, -0.05) is 77.8 Å². The number of nitrogens with one attached hydrogen (secondary N) is 1. The van der Waals surface area contributed by atoms with Crippen molar-refractivity contribution in [2.24, 2.45) is 0 Å². The van der Waals surface area contributed by atoms with Gasteiger partial charge >= 0.3 is 0 Å². The highest BCUT2D eigenvalue weighted by atomic mass is 35.5.